The van der Waals surface area contributed by atoms with E-state index >= 15 is 0 Å². The lowest BCUT2D eigenvalue weighted by Gasteiger charge is -2.46. The van der Waals surface area contributed by atoms with Crippen LogP contribution >= 0.6 is 0 Å². The van der Waals surface area contributed by atoms with Crippen molar-refractivity contribution in [3.8, 4) is 5.88 Å². The summed E-state index contributed by atoms with van der Waals surface area (Å²) in [4.78, 5) is 22.7. The second kappa shape index (κ2) is 6.78. The molecule has 148 valence electrons. The Bertz CT molecular complexity index is 942. The molecule has 8 heteroatoms. The van der Waals surface area contributed by atoms with Gasteiger partial charge in [-0.05, 0) is 45.0 Å². The minimum Gasteiger partial charge on any atom is -0.481 e. The van der Waals surface area contributed by atoms with E-state index in [0.717, 1.165) is 0 Å². The fourth-order valence-electron chi connectivity index (χ4n) is 3.29. The summed E-state index contributed by atoms with van der Waals surface area (Å²) in [5.74, 6) is -0.124. The highest BCUT2D eigenvalue weighted by atomic mass is 19.1. The van der Waals surface area contributed by atoms with Gasteiger partial charge in [-0.15, -0.1) is 0 Å². The number of nitrogens with two attached hydrogens (primary N) is 1. The van der Waals surface area contributed by atoms with Crippen LogP contribution in [0.2, 0.25) is 0 Å². The number of halogens is 1. The molecule has 0 fully saturated rings. The Balaban J connectivity index is 2.04. The first-order valence-corrected chi connectivity index (χ1v) is 8.80. The lowest BCUT2D eigenvalue weighted by atomic mass is 9.67. The van der Waals surface area contributed by atoms with Gasteiger partial charge in [-0.25, -0.2) is 14.4 Å². The number of guanidine groups is 1. The molecule has 2 aromatic rings. The summed E-state index contributed by atoms with van der Waals surface area (Å²) in [6.07, 6.45) is 1.61. The molecule has 0 saturated heterocycles. The number of carbonyl (C=O) groups is 1. The number of methoxy groups -OCH3 is 1. The molecule has 0 radical (unpaired) electrons. The third-order valence-corrected chi connectivity index (χ3v) is 5.46. The van der Waals surface area contributed by atoms with Gasteiger partial charge in [0.05, 0.1) is 24.4 Å². The van der Waals surface area contributed by atoms with Crippen LogP contribution in [-0.2, 0) is 10.3 Å². The molecule has 1 aromatic heterocycles. The van der Waals surface area contributed by atoms with Crippen molar-refractivity contribution in [2.45, 2.75) is 26.3 Å². The Hall–Kier alpha value is -3.16. The van der Waals surface area contributed by atoms with Gasteiger partial charge >= 0.3 is 0 Å². The van der Waals surface area contributed by atoms with E-state index in [0.29, 0.717) is 17.3 Å². The molecule has 3 N–H and O–H groups in total. The standard InChI is InChI=1S/C20H24FN5O2/c1-19(2)17(27)26(4)18(22)25-20(19,3)14-10-12(6-8-15(14)21)24-13-7-9-16(28-5)23-11-13/h6-11,24H,1-5H3,(H2,22,25). The largest absolute Gasteiger partial charge is 0.481 e. The number of anilines is 2. The number of amides is 1. The molecule has 1 atom stereocenters. The second-order valence-corrected chi connectivity index (χ2v) is 7.44. The van der Waals surface area contributed by atoms with Crippen molar-refractivity contribution < 1.29 is 13.9 Å². The number of aliphatic imine (C=N–C) groups is 1. The summed E-state index contributed by atoms with van der Waals surface area (Å²) in [6.45, 7) is 5.21. The Morgan fingerprint density at radius 3 is 2.46 bits per heavy atom. The number of aromatic nitrogens is 1. The molecule has 0 spiro atoms. The molecule has 3 rings (SSSR count). The summed E-state index contributed by atoms with van der Waals surface area (Å²) >= 11 is 0. The first-order valence-electron chi connectivity index (χ1n) is 8.80. The molecule has 28 heavy (non-hydrogen) atoms. The number of pyridine rings is 1. The van der Waals surface area contributed by atoms with Crippen molar-refractivity contribution in [2.24, 2.45) is 16.1 Å². The van der Waals surface area contributed by atoms with Crippen molar-refractivity contribution in [2.75, 3.05) is 19.5 Å². The van der Waals surface area contributed by atoms with Gasteiger partial charge in [0.15, 0.2) is 5.96 Å². The number of ether oxygens (including phenoxy) is 1. The van der Waals surface area contributed by atoms with Crippen LogP contribution in [0.3, 0.4) is 0 Å². The van der Waals surface area contributed by atoms with Gasteiger partial charge in [0, 0.05) is 24.4 Å². The van der Waals surface area contributed by atoms with E-state index in [-0.39, 0.29) is 17.4 Å². The van der Waals surface area contributed by atoms with E-state index in [4.69, 9.17) is 10.5 Å². The van der Waals surface area contributed by atoms with Crippen LogP contribution in [0.15, 0.2) is 41.5 Å². The van der Waals surface area contributed by atoms with E-state index in [2.05, 4.69) is 15.3 Å². The number of nitrogens with zero attached hydrogens (tertiary/aromatic N) is 3. The zero-order valence-corrected chi connectivity index (χ0v) is 16.6. The Kier molecular flexibility index (Phi) is 4.74. The minimum atomic E-state index is -1.17. The van der Waals surface area contributed by atoms with Crippen LogP contribution in [-0.4, -0.2) is 35.9 Å². The average Bonchev–Trinajstić information content (AvgIpc) is 2.67. The smallest absolute Gasteiger partial charge is 0.237 e. The quantitative estimate of drug-likeness (QED) is 0.844. The molecule has 0 aliphatic carbocycles. The summed E-state index contributed by atoms with van der Waals surface area (Å²) in [6, 6.07) is 8.14. The lowest BCUT2D eigenvalue weighted by Crippen LogP contribution is -2.58. The monoisotopic (exact) mass is 385 g/mol. The maximum atomic E-state index is 14.8. The molecule has 0 saturated carbocycles. The maximum absolute atomic E-state index is 14.8. The summed E-state index contributed by atoms with van der Waals surface area (Å²) < 4.78 is 19.9. The van der Waals surface area contributed by atoms with Gasteiger partial charge in [-0.1, -0.05) is 0 Å². The minimum absolute atomic E-state index is 0.0592. The average molecular weight is 385 g/mol. The number of carbonyl (C=O) groups excluding carboxylic acids is 1. The number of nitrogens with one attached hydrogen (secondary N) is 1. The van der Waals surface area contributed by atoms with E-state index in [1.807, 2.05) is 0 Å². The van der Waals surface area contributed by atoms with Crippen molar-refractivity contribution >= 4 is 23.2 Å². The van der Waals surface area contributed by atoms with Crippen LogP contribution < -0.4 is 15.8 Å². The maximum Gasteiger partial charge on any atom is 0.237 e. The highest BCUT2D eigenvalue weighted by Crippen LogP contribution is 2.47. The van der Waals surface area contributed by atoms with Gasteiger partial charge in [0.25, 0.3) is 0 Å². The van der Waals surface area contributed by atoms with E-state index in [1.165, 1.54) is 11.0 Å². The number of rotatable bonds is 4. The van der Waals surface area contributed by atoms with Crippen molar-refractivity contribution in [1.82, 2.24) is 9.88 Å². The van der Waals surface area contributed by atoms with Gasteiger partial charge in [0.1, 0.15) is 11.4 Å². The third-order valence-electron chi connectivity index (χ3n) is 5.46. The zero-order chi connectivity index (χ0) is 20.7. The van der Waals surface area contributed by atoms with Gasteiger partial charge in [-0.2, -0.15) is 0 Å². The molecule has 1 aliphatic heterocycles. The molecule has 1 aromatic carbocycles. The van der Waals surface area contributed by atoms with Gasteiger partial charge in [-0.3, -0.25) is 9.69 Å². The lowest BCUT2D eigenvalue weighted by molar-refractivity contribution is -0.140. The highest BCUT2D eigenvalue weighted by molar-refractivity contribution is 6.01. The topological polar surface area (TPSA) is 92.8 Å². The first kappa shape index (κ1) is 19.6. The molecule has 0 bridgehead atoms. The van der Waals surface area contributed by atoms with Gasteiger partial charge in [0.2, 0.25) is 11.8 Å². The van der Waals surface area contributed by atoms with E-state index in [1.54, 1.807) is 65.4 Å². The summed E-state index contributed by atoms with van der Waals surface area (Å²) in [7, 11) is 3.10. The SMILES string of the molecule is COc1ccc(Nc2ccc(F)c(C3(C)N=C(N)N(C)C(=O)C3(C)C)c2)cn1. The summed E-state index contributed by atoms with van der Waals surface area (Å²) in [5, 5.41) is 3.18. The molecular formula is C20H24FN5O2. The molecular weight excluding hydrogens is 361 g/mol. The Labute approximate surface area is 163 Å². The summed E-state index contributed by atoms with van der Waals surface area (Å²) in [5.41, 5.74) is 5.42. The molecule has 1 amide bonds. The third kappa shape index (κ3) is 3.04. The fraction of sp³-hybridized carbons (Fsp3) is 0.350. The van der Waals surface area contributed by atoms with Crippen LogP contribution in [0, 0.1) is 11.2 Å². The first-order chi connectivity index (χ1) is 13.1. The second-order valence-electron chi connectivity index (χ2n) is 7.44. The highest BCUT2D eigenvalue weighted by Gasteiger charge is 2.53. The Morgan fingerprint density at radius 2 is 1.86 bits per heavy atom. The van der Waals surface area contributed by atoms with Crippen molar-refractivity contribution in [1.29, 1.82) is 0 Å². The zero-order valence-electron chi connectivity index (χ0n) is 16.6. The van der Waals surface area contributed by atoms with Crippen LogP contribution in [0.5, 0.6) is 5.88 Å². The van der Waals surface area contributed by atoms with Crippen LogP contribution in [0.1, 0.15) is 26.3 Å². The van der Waals surface area contributed by atoms with Crippen molar-refractivity contribution in [3.63, 3.8) is 0 Å². The molecule has 2 heterocycles. The number of benzene rings is 1. The van der Waals surface area contributed by atoms with E-state index < -0.39 is 16.8 Å². The molecule has 1 unspecified atom stereocenters. The number of hydrogen-bond donors (Lipinski definition) is 2. The van der Waals surface area contributed by atoms with Crippen LogP contribution in [0.4, 0.5) is 15.8 Å². The van der Waals surface area contributed by atoms with E-state index in [9.17, 15) is 9.18 Å². The fourth-order valence-corrected chi connectivity index (χ4v) is 3.29. The Morgan fingerprint density at radius 1 is 1.18 bits per heavy atom. The predicted octanol–water partition coefficient (Wildman–Crippen LogP) is 3.00. The number of hydrogen-bond acceptors (Lipinski definition) is 6. The molecule has 1 aliphatic rings. The van der Waals surface area contributed by atoms with Crippen LogP contribution in [0.25, 0.3) is 0 Å². The van der Waals surface area contributed by atoms with Gasteiger partial charge < -0.3 is 15.8 Å². The molecule has 7 nitrogen and oxygen atoms in total. The predicted molar refractivity (Wildman–Crippen MR) is 106 cm³/mol. The van der Waals surface area contributed by atoms with Crippen molar-refractivity contribution in [3.05, 3.63) is 47.9 Å². The normalized spacial score (nSPS) is 21.3.